The van der Waals surface area contributed by atoms with Gasteiger partial charge in [0.1, 0.15) is 16.7 Å². The van der Waals surface area contributed by atoms with Crippen LogP contribution in [0, 0.1) is 25.2 Å². The molecule has 1 aliphatic heterocycles. The monoisotopic (exact) mass is 408 g/mol. The highest BCUT2D eigenvalue weighted by atomic mass is 32.2. The van der Waals surface area contributed by atoms with E-state index in [0.717, 1.165) is 27.5 Å². The number of thioether (sulfide) groups is 1. The predicted molar refractivity (Wildman–Crippen MR) is 111 cm³/mol. The molecule has 2 heterocycles. The number of nitriles is 1. The number of aromatic nitrogens is 2. The van der Waals surface area contributed by atoms with Gasteiger partial charge in [0.25, 0.3) is 0 Å². The topological polar surface area (TPSA) is 88.2 Å². The van der Waals surface area contributed by atoms with Gasteiger partial charge in [-0.3, -0.25) is 9.48 Å². The van der Waals surface area contributed by atoms with Gasteiger partial charge >= 0.3 is 5.97 Å². The van der Waals surface area contributed by atoms with E-state index in [1.54, 1.807) is 22.7 Å². The van der Waals surface area contributed by atoms with Crippen LogP contribution in [0.3, 0.4) is 0 Å². The minimum Gasteiger partial charge on any atom is -0.454 e. The first-order chi connectivity index (χ1) is 13.8. The minimum absolute atomic E-state index is 0.0237. The van der Waals surface area contributed by atoms with Crippen molar-refractivity contribution in [2.45, 2.75) is 18.7 Å². The average molecular weight is 408 g/mol. The van der Waals surface area contributed by atoms with Crippen molar-refractivity contribution in [1.82, 2.24) is 9.78 Å². The molecule has 0 amide bonds. The summed E-state index contributed by atoms with van der Waals surface area (Å²) in [5, 5.41) is 14.3. The van der Waals surface area contributed by atoms with Gasteiger partial charge in [-0.2, -0.15) is 10.4 Å². The molecule has 1 aliphatic rings. The van der Waals surface area contributed by atoms with E-state index in [9.17, 15) is 14.9 Å². The number of Topliss-reactive ketones (excluding diaryl/α,β-unsaturated/α-hetero) is 1. The first kappa shape index (κ1) is 20.4. The third-order valence-electron chi connectivity index (χ3n) is 4.64. The highest BCUT2D eigenvalue weighted by molar-refractivity contribution is 8.03. The van der Waals surface area contributed by atoms with Gasteiger partial charge in [-0.15, -0.1) is 0 Å². The second kappa shape index (κ2) is 8.37. The van der Waals surface area contributed by atoms with Gasteiger partial charge in [0.05, 0.1) is 11.4 Å². The number of esters is 1. The van der Waals surface area contributed by atoms with Crippen LogP contribution in [-0.4, -0.2) is 35.2 Å². The summed E-state index contributed by atoms with van der Waals surface area (Å²) in [6.45, 7) is 3.25. The van der Waals surface area contributed by atoms with Gasteiger partial charge in [0.15, 0.2) is 6.61 Å². The van der Waals surface area contributed by atoms with Crippen LogP contribution in [0.25, 0.3) is 6.08 Å². The number of ketones is 1. The molecule has 0 fully saturated rings. The quantitative estimate of drug-likeness (QED) is 0.427. The number of anilines is 1. The summed E-state index contributed by atoms with van der Waals surface area (Å²) < 4.78 is 6.78. The molecule has 0 atom stereocenters. The third kappa shape index (κ3) is 4.10. The van der Waals surface area contributed by atoms with Crippen molar-refractivity contribution in [3.63, 3.8) is 0 Å². The maximum Gasteiger partial charge on any atom is 0.331 e. The highest BCUT2D eigenvalue weighted by Crippen LogP contribution is 2.46. The van der Waals surface area contributed by atoms with Gasteiger partial charge in [-0.25, -0.2) is 4.79 Å². The smallest absolute Gasteiger partial charge is 0.331 e. The zero-order valence-corrected chi connectivity index (χ0v) is 17.4. The Hall–Kier alpha value is -3.31. The normalized spacial score (nSPS) is 14.7. The molecule has 29 heavy (non-hydrogen) atoms. The second-order valence-corrected chi connectivity index (χ2v) is 7.52. The average Bonchev–Trinajstić information content (AvgIpc) is 3.15. The number of hydrogen-bond donors (Lipinski definition) is 0. The van der Waals surface area contributed by atoms with Crippen LogP contribution in [0.4, 0.5) is 5.69 Å². The second-order valence-electron chi connectivity index (χ2n) is 6.49. The fourth-order valence-corrected chi connectivity index (χ4v) is 4.15. The lowest BCUT2D eigenvalue weighted by atomic mass is 10.2. The van der Waals surface area contributed by atoms with Crippen molar-refractivity contribution >= 4 is 35.3 Å². The molecule has 0 N–H and O–H groups in total. The molecule has 2 aromatic rings. The summed E-state index contributed by atoms with van der Waals surface area (Å²) in [6, 6.07) is 9.60. The van der Waals surface area contributed by atoms with Crippen LogP contribution in [0.15, 0.2) is 45.8 Å². The van der Waals surface area contributed by atoms with Gasteiger partial charge in [0.2, 0.25) is 5.78 Å². The first-order valence-electron chi connectivity index (χ1n) is 8.86. The lowest BCUT2D eigenvalue weighted by molar-refractivity contribution is -0.141. The van der Waals surface area contributed by atoms with E-state index in [1.807, 2.05) is 51.2 Å². The van der Waals surface area contributed by atoms with E-state index >= 15 is 0 Å². The molecular formula is C21H20N4O3S. The number of rotatable bonds is 5. The van der Waals surface area contributed by atoms with Crippen molar-refractivity contribution < 1.29 is 14.3 Å². The minimum atomic E-state index is -0.654. The molecule has 8 heteroatoms. The number of hydrogen-bond acceptors (Lipinski definition) is 7. The molecule has 0 radical (unpaired) electrons. The van der Waals surface area contributed by atoms with Crippen molar-refractivity contribution in [2.75, 3.05) is 18.6 Å². The maximum atomic E-state index is 12.5. The summed E-state index contributed by atoms with van der Waals surface area (Å²) in [6.07, 6.45) is 2.88. The van der Waals surface area contributed by atoms with Crippen molar-refractivity contribution in [1.29, 1.82) is 5.26 Å². The first-order valence-corrected chi connectivity index (χ1v) is 9.68. The molecule has 3 rings (SSSR count). The number of benzene rings is 1. The zero-order chi connectivity index (χ0) is 21.1. The Kier molecular flexibility index (Phi) is 5.89. The zero-order valence-electron chi connectivity index (χ0n) is 16.6. The standard InChI is InChI=1S/C21H20N4O3S/c1-13-15(14(2)25(4)23-13)9-10-20(27)28-12-18(26)16(11-22)21-24(3)17-7-5-6-8-19(17)29-21/h5-10H,12H2,1-4H3/b10-9+,21-16-. The van der Waals surface area contributed by atoms with Crippen LogP contribution in [0.2, 0.25) is 0 Å². The van der Waals surface area contributed by atoms with Gasteiger partial charge < -0.3 is 9.64 Å². The third-order valence-corrected chi connectivity index (χ3v) is 5.88. The van der Waals surface area contributed by atoms with Crippen LogP contribution < -0.4 is 4.90 Å². The Morgan fingerprint density at radius 3 is 2.62 bits per heavy atom. The molecule has 1 aromatic carbocycles. The summed E-state index contributed by atoms with van der Waals surface area (Å²) in [4.78, 5) is 27.3. The Morgan fingerprint density at radius 1 is 1.28 bits per heavy atom. The highest BCUT2D eigenvalue weighted by Gasteiger charge is 2.28. The van der Waals surface area contributed by atoms with E-state index in [4.69, 9.17) is 4.74 Å². The molecule has 0 aliphatic carbocycles. The fraction of sp³-hybridized carbons (Fsp3) is 0.238. The van der Waals surface area contributed by atoms with E-state index in [0.29, 0.717) is 5.03 Å². The molecule has 0 unspecified atom stereocenters. The van der Waals surface area contributed by atoms with Gasteiger partial charge in [-0.1, -0.05) is 23.9 Å². The number of carbonyl (C=O) groups is 2. The maximum absolute atomic E-state index is 12.5. The van der Waals surface area contributed by atoms with Crippen LogP contribution >= 0.6 is 11.8 Å². The predicted octanol–water partition coefficient (Wildman–Crippen LogP) is 3.14. The van der Waals surface area contributed by atoms with E-state index in [2.05, 4.69) is 5.10 Å². The molecular weight excluding hydrogens is 388 g/mol. The SMILES string of the molecule is Cc1nn(C)c(C)c1/C=C/C(=O)OCC(=O)/C(C#N)=C1\Sc2ccccc2N1C. The number of ether oxygens (including phenoxy) is 1. The van der Waals surface area contributed by atoms with Crippen LogP contribution in [0.1, 0.15) is 17.0 Å². The molecule has 7 nitrogen and oxygen atoms in total. The largest absolute Gasteiger partial charge is 0.454 e. The van der Waals surface area contributed by atoms with E-state index < -0.39 is 18.4 Å². The summed E-state index contributed by atoms with van der Waals surface area (Å²) in [5.41, 5.74) is 3.44. The number of fused-ring (bicyclic) bond motifs is 1. The lowest BCUT2D eigenvalue weighted by Crippen LogP contribution is -2.19. The van der Waals surface area contributed by atoms with Crippen LogP contribution in [-0.2, 0) is 21.4 Å². The molecule has 148 valence electrons. The van der Waals surface area contributed by atoms with Gasteiger partial charge in [-0.05, 0) is 32.1 Å². The Labute approximate surface area is 173 Å². The summed E-state index contributed by atoms with van der Waals surface area (Å²) in [5.74, 6) is -1.19. The Balaban J connectivity index is 1.68. The van der Waals surface area contributed by atoms with E-state index in [1.165, 1.54) is 17.8 Å². The lowest BCUT2D eigenvalue weighted by Gasteiger charge is -2.14. The van der Waals surface area contributed by atoms with Crippen LogP contribution in [0.5, 0.6) is 0 Å². The summed E-state index contributed by atoms with van der Waals surface area (Å²) in [7, 11) is 3.62. The molecule has 0 bridgehead atoms. The molecule has 0 spiro atoms. The Morgan fingerprint density at radius 2 is 2.00 bits per heavy atom. The van der Waals surface area contributed by atoms with Crippen molar-refractivity contribution in [2.24, 2.45) is 7.05 Å². The summed E-state index contributed by atoms with van der Waals surface area (Å²) >= 11 is 1.35. The van der Waals surface area contributed by atoms with Gasteiger partial charge in [0, 0.05) is 36.3 Å². The molecule has 0 saturated heterocycles. The number of nitrogens with zero attached hydrogens (tertiary/aromatic N) is 4. The Bertz CT molecular complexity index is 1090. The van der Waals surface area contributed by atoms with Crippen molar-refractivity contribution in [3.05, 3.63) is 57.9 Å². The van der Waals surface area contributed by atoms with E-state index in [-0.39, 0.29) is 5.57 Å². The number of para-hydroxylation sites is 1. The number of carbonyl (C=O) groups excluding carboxylic acids is 2. The molecule has 0 saturated carbocycles. The fourth-order valence-electron chi connectivity index (χ4n) is 2.99. The number of aryl methyl sites for hydroxylation is 2. The molecule has 1 aromatic heterocycles. The van der Waals surface area contributed by atoms with Crippen molar-refractivity contribution in [3.8, 4) is 6.07 Å².